The SMILES string of the molecule is CC(C)CC(CNCc1cscc1Br)C(=O)O. The number of hydrogen-bond donors (Lipinski definition) is 2. The van der Waals surface area contributed by atoms with Crippen molar-refractivity contribution in [3.63, 3.8) is 0 Å². The van der Waals surface area contributed by atoms with Gasteiger partial charge >= 0.3 is 5.97 Å². The van der Waals surface area contributed by atoms with Crippen LogP contribution in [-0.2, 0) is 11.3 Å². The van der Waals surface area contributed by atoms with Crippen LogP contribution >= 0.6 is 27.3 Å². The molecule has 1 heterocycles. The van der Waals surface area contributed by atoms with E-state index >= 15 is 0 Å². The summed E-state index contributed by atoms with van der Waals surface area (Å²) in [5.41, 5.74) is 1.18. The first kappa shape index (κ1) is 14.7. The van der Waals surface area contributed by atoms with E-state index in [1.165, 1.54) is 5.56 Å². The summed E-state index contributed by atoms with van der Waals surface area (Å²) >= 11 is 5.10. The molecule has 1 rings (SSSR count). The van der Waals surface area contributed by atoms with E-state index in [0.29, 0.717) is 25.4 Å². The quantitative estimate of drug-likeness (QED) is 0.810. The van der Waals surface area contributed by atoms with Crippen LogP contribution in [0.25, 0.3) is 0 Å². The number of carbonyl (C=O) groups is 1. The van der Waals surface area contributed by atoms with E-state index < -0.39 is 5.97 Å². The van der Waals surface area contributed by atoms with Gasteiger partial charge in [0.1, 0.15) is 0 Å². The minimum atomic E-state index is -0.712. The normalized spacial score (nSPS) is 12.9. The molecule has 0 radical (unpaired) electrons. The van der Waals surface area contributed by atoms with Crippen molar-refractivity contribution < 1.29 is 9.90 Å². The molecule has 0 amide bonds. The van der Waals surface area contributed by atoms with Gasteiger partial charge in [0.2, 0.25) is 0 Å². The summed E-state index contributed by atoms with van der Waals surface area (Å²) in [5, 5.41) is 16.4. The molecule has 0 aliphatic carbocycles. The zero-order chi connectivity index (χ0) is 12.8. The molecule has 5 heteroatoms. The first-order valence-corrected chi connectivity index (χ1v) is 7.38. The molecule has 1 aromatic rings. The molecule has 0 aliphatic heterocycles. The van der Waals surface area contributed by atoms with Crippen LogP contribution in [0.3, 0.4) is 0 Å². The van der Waals surface area contributed by atoms with Gasteiger partial charge in [-0.05, 0) is 39.2 Å². The van der Waals surface area contributed by atoms with E-state index in [0.717, 1.165) is 4.47 Å². The molecule has 1 unspecified atom stereocenters. The van der Waals surface area contributed by atoms with Gasteiger partial charge in [-0.3, -0.25) is 4.79 Å². The molecule has 0 bridgehead atoms. The fraction of sp³-hybridized carbons (Fsp3) is 0.583. The van der Waals surface area contributed by atoms with Crippen molar-refractivity contribution in [3.05, 3.63) is 20.8 Å². The monoisotopic (exact) mass is 319 g/mol. The van der Waals surface area contributed by atoms with Gasteiger partial charge < -0.3 is 10.4 Å². The van der Waals surface area contributed by atoms with Gasteiger partial charge in [-0.1, -0.05) is 13.8 Å². The first-order valence-electron chi connectivity index (χ1n) is 5.64. The van der Waals surface area contributed by atoms with Crippen LogP contribution in [0.5, 0.6) is 0 Å². The molecule has 3 nitrogen and oxygen atoms in total. The lowest BCUT2D eigenvalue weighted by Crippen LogP contribution is -2.29. The molecule has 0 spiro atoms. The minimum Gasteiger partial charge on any atom is -0.481 e. The summed E-state index contributed by atoms with van der Waals surface area (Å²) < 4.78 is 1.09. The predicted octanol–water partition coefficient (Wildman–Crippen LogP) is 3.35. The van der Waals surface area contributed by atoms with Crippen molar-refractivity contribution in [1.29, 1.82) is 0 Å². The van der Waals surface area contributed by atoms with Crippen LogP contribution in [0.1, 0.15) is 25.8 Å². The lowest BCUT2D eigenvalue weighted by atomic mass is 9.97. The van der Waals surface area contributed by atoms with Crippen molar-refractivity contribution in [1.82, 2.24) is 5.32 Å². The Balaban J connectivity index is 2.37. The van der Waals surface area contributed by atoms with Crippen LogP contribution in [0.15, 0.2) is 15.2 Å². The first-order chi connectivity index (χ1) is 8.00. The molecule has 1 aromatic heterocycles. The molecule has 0 aromatic carbocycles. The number of aliphatic carboxylic acids is 1. The third-order valence-corrected chi connectivity index (χ3v) is 4.33. The second-order valence-electron chi connectivity index (χ2n) is 4.54. The highest BCUT2D eigenvalue weighted by atomic mass is 79.9. The zero-order valence-corrected chi connectivity index (χ0v) is 12.5. The van der Waals surface area contributed by atoms with Crippen molar-refractivity contribution in [2.75, 3.05) is 6.54 Å². The van der Waals surface area contributed by atoms with Crippen LogP contribution in [0, 0.1) is 11.8 Å². The molecule has 0 aliphatic rings. The second-order valence-corrected chi connectivity index (χ2v) is 6.14. The maximum absolute atomic E-state index is 11.0. The molecule has 0 fully saturated rings. The molecular formula is C12H18BrNO2S. The summed E-state index contributed by atoms with van der Waals surface area (Å²) in [7, 11) is 0. The number of carboxylic acid groups (broad SMARTS) is 1. The van der Waals surface area contributed by atoms with Gasteiger partial charge in [0.15, 0.2) is 0 Å². The van der Waals surface area contributed by atoms with E-state index in [-0.39, 0.29) is 5.92 Å². The summed E-state index contributed by atoms with van der Waals surface area (Å²) in [5.74, 6) is -0.603. The standard InChI is InChI=1S/C12H18BrNO2S/c1-8(2)3-9(12(15)16)4-14-5-10-6-17-7-11(10)13/h6-9,14H,3-5H2,1-2H3,(H,15,16). The smallest absolute Gasteiger partial charge is 0.307 e. The van der Waals surface area contributed by atoms with Gasteiger partial charge in [0, 0.05) is 22.9 Å². The third-order valence-electron chi connectivity index (χ3n) is 2.50. The van der Waals surface area contributed by atoms with Crippen LogP contribution in [0.2, 0.25) is 0 Å². The van der Waals surface area contributed by atoms with Crippen molar-refractivity contribution in [2.45, 2.75) is 26.8 Å². The van der Waals surface area contributed by atoms with Gasteiger partial charge in [-0.2, -0.15) is 11.3 Å². The number of thiophene rings is 1. The van der Waals surface area contributed by atoms with E-state index in [9.17, 15) is 4.79 Å². The predicted molar refractivity (Wildman–Crippen MR) is 74.3 cm³/mol. The molecule has 0 saturated heterocycles. The highest BCUT2D eigenvalue weighted by Gasteiger charge is 2.18. The Labute approximate surface area is 114 Å². The Hall–Kier alpha value is -0.390. The number of halogens is 1. The topological polar surface area (TPSA) is 49.3 Å². The Morgan fingerprint density at radius 1 is 1.53 bits per heavy atom. The summed E-state index contributed by atoms with van der Waals surface area (Å²) in [4.78, 5) is 11.0. The lowest BCUT2D eigenvalue weighted by Gasteiger charge is -2.15. The van der Waals surface area contributed by atoms with Gasteiger partial charge in [0.25, 0.3) is 0 Å². The summed E-state index contributed by atoms with van der Waals surface area (Å²) in [6, 6.07) is 0. The third kappa shape index (κ3) is 5.19. The van der Waals surface area contributed by atoms with Gasteiger partial charge in [-0.15, -0.1) is 0 Å². The average molecular weight is 320 g/mol. The fourth-order valence-corrected chi connectivity index (χ4v) is 3.10. The molecule has 96 valence electrons. The average Bonchev–Trinajstić information content (AvgIpc) is 2.62. The minimum absolute atomic E-state index is 0.299. The van der Waals surface area contributed by atoms with Crippen LogP contribution in [-0.4, -0.2) is 17.6 Å². The number of hydrogen-bond acceptors (Lipinski definition) is 3. The van der Waals surface area contributed by atoms with Gasteiger partial charge in [0.05, 0.1) is 5.92 Å². The van der Waals surface area contributed by atoms with Gasteiger partial charge in [-0.25, -0.2) is 0 Å². The zero-order valence-electron chi connectivity index (χ0n) is 10.1. The van der Waals surface area contributed by atoms with Crippen molar-refractivity contribution in [2.24, 2.45) is 11.8 Å². The Morgan fingerprint density at radius 3 is 2.71 bits per heavy atom. The number of carboxylic acids is 1. The largest absolute Gasteiger partial charge is 0.481 e. The maximum Gasteiger partial charge on any atom is 0.307 e. The van der Waals surface area contributed by atoms with Crippen LogP contribution in [0.4, 0.5) is 0 Å². The lowest BCUT2D eigenvalue weighted by molar-refractivity contribution is -0.142. The molecule has 2 N–H and O–H groups in total. The Bertz CT molecular complexity index is 365. The van der Waals surface area contributed by atoms with E-state index in [4.69, 9.17) is 5.11 Å². The Kier molecular flexibility index (Phi) is 6.16. The molecule has 1 atom stereocenters. The molecule has 17 heavy (non-hydrogen) atoms. The number of rotatable bonds is 7. The summed E-state index contributed by atoms with van der Waals surface area (Å²) in [6.07, 6.45) is 0.715. The van der Waals surface area contributed by atoms with E-state index in [1.807, 2.05) is 19.2 Å². The highest BCUT2D eigenvalue weighted by molar-refractivity contribution is 9.10. The number of nitrogens with one attached hydrogen (secondary N) is 1. The molecular weight excluding hydrogens is 302 g/mol. The Morgan fingerprint density at radius 2 is 2.24 bits per heavy atom. The van der Waals surface area contributed by atoms with E-state index in [2.05, 4.69) is 26.6 Å². The second kappa shape index (κ2) is 7.13. The van der Waals surface area contributed by atoms with Crippen molar-refractivity contribution in [3.8, 4) is 0 Å². The van der Waals surface area contributed by atoms with Crippen molar-refractivity contribution >= 4 is 33.2 Å². The van der Waals surface area contributed by atoms with E-state index in [1.54, 1.807) is 11.3 Å². The molecule has 0 saturated carbocycles. The fourth-order valence-electron chi connectivity index (χ4n) is 1.66. The summed E-state index contributed by atoms with van der Waals surface area (Å²) in [6.45, 7) is 5.33. The van der Waals surface area contributed by atoms with Crippen LogP contribution < -0.4 is 5.32 Å². The maximum atomic E-state index is 11.0. The highest BCUT2D eigenvalue weighted by Crippen LogP contribution is 2.21.